The first-order valence-corrected chi connectivity index (χ1v) is 7.57. The highest BCUT2D eigenvalue weighted by Crippen LogP contribution is 2.20. The van der Waals surface area contributed by atoms with Crippen molar-refractivity contribution in [3.05, 3.63) is 0 Å². The maximum Gasteiger partial charge on any atom is 0.238 e. The Hall–Kier alpha value is -0.620. The Labute approximate surface area is 104 Å². The second-order valence-electron chi connectivity index (χ2n) is 5.83. The fourth-order valence-electron chi connectivity index (χ4n) is 1.24. The van der Waals surface area contributed by atoms with E-state index in [-0.39, 0.29) is 5.91 Å². The molecule has 102 valence electrons. The average molecular weight is 264 g/mol. The monoisotopic (exact) mass is 264 g/mol. The molecule has 1 atom stereocenters. The van der Waals surface area contributed by atoms with E-state index in [9.17, 15) is 13.2 Å². The normalized spacial score (nSPS) is 14.8. The average Bonchev–Trinajstić information content (AvgIpc) is 2.07. The summed E-state index contributed by atoms with van der Waals surface area (Å²) in [5.74, 6) is 0.0504. The van der Waals surface area contributed by atoms with E-state index < -0.39 is 21.5 Å². The maximum atomic E-state index is 11.9. The quantitative estimate of drug-likeness (QED) is 0.768. The Morgan fingerprint density at radius 3 is 2.00 bits per heavy atom. The van der Waals surface area contributed by atoms with Crippen molar-refractivity contribution in [1.82, 2.24) is 10.0 Å². The summed E-state index contributed by atoms with van der Waals surface area (Å²) in [4.78, 5) is 11.9. The van der Waals surface area contributed by atoms with Gasteiger partial charge in [-0.1, -0.05) is 34.6 Å². The predicted molar refractivity (Wildman–Crippen MR) is 69.1 cm³/mol. The van der Waals surface area contributed by atoms with Gasteiger partial charge in [-0.05, 0) is 11.3 Å². The van der Waals surface area contributed by atoms with Gasteiger partial charge in [0, 0.05) is 6.54 Å². The second-order valence-corrected chi connectivity index (χ2v) is 7.61. The largest absolute Gasteiger partial charge is 0.354 e. The standard InChI is InChI=1S/C11H24N2O3S/c1-8(2)7-12-10(14)9(11(3,4)5)13-17(6,15)16/h8-9,13H,7H2,1-6H3,(H,12,14)/t9-/m1/s1. The van der Waals surface area contributed by atoms with Crippen molar-refractivity contribution in [3.63, 3.8) is 0 Å². The first-order chi connectivity index (χ1) is 7.43. The van der Waals surface area contributed by atoms with E-state index in [1.54, 1.807) is 0 Å². The molecule has 0 aromatic heterocycles. The van der Waals surface area contributed by atoms with Crippen molar-refractivity contribution in [1.29, 1.82) is 0 Å². The molecule has 5 nitrogen and oxygen atoms in total. The first kappa shape index (κ1) is 16.4. The van der Waals surface area contributed by atoms with E-state index in [1.165, 1.54) is 0 Å². The van der Waals surface area contributed by atoms with Gasteiger partial charge in [-0.2, -0.15) is 0 Å². The van der Waals surface area contributed by atoms with Crippen LogP contribution < -0.4 is 10.0 Å². The van der Waals surface area contributed by atoms with Crippen molar-refractivity contribution in [2.24, 2.45) is 11.3 Å². The fraction of sp³-hybridized carbons (Fsp3) is 0.909. The summed E-state index contributed by atoms with van der Waals surface area (Å²) >= 11 is 0. The molecule has 6 heteroatoms. The molecule has 0 aromatic carbocycles. The molecular formula is C11H24N2O3S. The predicted octanol–water partition coefficient (Wildman–Crippen LogP) is 0.723. The Balaban J connectivity index is 4.77. The molecule has 0 fully saturated rings. The number of sulfonamides is 1. The summed E-state index contributed by atoms with van der Waals surface area (Å²) in [5, 5.41) is 2.75. The fourth-order valence-corrected chi connectivity index (χ4v) is 2.13. The third-order valence-electron chi connectivity index (χ3n) is 2.14. The maximum absolute atomic E-state index is 11.9. The summed E-state index contributed by atoms with van der Waals surface area (Å²) < 4.78 is 24.9. The van der Waals surface area contributed by atoms with Crippen LogP contribution in [-0.4, -0.2) is 33.2 Å². The minimum atomic E-state index is -3.40. The van der Waals surface area contributed by atoms with Gasteiger partial charge >= 0.3 is 0 Å². The van der Waals surface area contributed by atoms with Crippen LogP contribution in [0.5, 0.6) is 0 Å². The molecule has 0 saturated carbocycles. The SMILES string of the molecule is CC(C)CNC(=O)[C@@H](NS(C)(=O)=O)C(C)(C)C. The zero-order valence-electron chi connectivity index (χ0n) is 11.5. The summed E-state index contributed by atoms with van der Waals surface area (Å²) in [6, 6.07) is -0.753. The topological polar surface area (TPSA) is 75.3 Å². The minimum absolute atomic E-state index is 0.281. The first-order valence-electron chi connectivity index (χ1n) is 5.68. The van der Waals surface area contributed by atoms with Crippen LogP contribution in [-0.2, 0) is 14.8 Å². The number of rotatable bonds is 5. The molecule has 0 aliphatic rings. The molecule has 0 saturated heterocycles. The van der Waals surface area contributed by atoms with Crippen molar-refractivity contribution >= 4 is 15.9 Å². The van der Waals surface area contributed by atoms with Crippen molar-refractivity contribution in [3.8, 4) is 0 Å². The van der Waals surface area contributed by atoms with E-state index >= 15 is 0 Å². The van der Waals surface area contributed by atoms with E-state index in [0.717, 1.165) is 6.26 Å². The number of carbonyl (C=O) groups is 1. The highest BCUT2D eigenvalue weighted by Gasteiger charge is 2.33. The molecule has 0 heterocycles. The molecule has 0 aliphatic heterocycles. The van der Waals surface area contributed by atoms with Gasteiger partial charge in [0.15, 0.2) is 0 Å². The molecule has 2 N–H and O–H groups in total. The van der Waals surface area contributed by atoms with Gasteiger partial charge in [0.25, 0.3) is 0 Å². The molecule has 0 radical (unpaired) electrons. The van der Waals surface area contributed by atoms with Gasteiger partial charge in [0.2, 0.25) is 15.9 Å². The number of amides is 1. The van der Waals surface area contributed by atoms with Crippen LogP contribution in [0.4, 0.5) is 0 Å². The number of hydrogen-bond acceptors (Lipinski definition) is 3. The summed E-state index contributed by atoms with van der Waals surface area (Å²) in [6.07, 6.45) is 1.06. The highest BCUT2D eigenvalue weighted by atomic mass is 32.2. The Morgan fingerprint density at radius 2 is 1.71 bits per heavy atom. The van der Waals surface area contributed by atoms with Crippen LogP contribution in [0, 0.1) is 11.3 Å². The van der Waals surface area contributed by atoms with Crippen molar-refractivity contribution in [2.45, 2.75) is 40.7 Å². The number of nitrogens with one attached hydrogen (secondary N) is 2. The molecule has 0 bridgehead atoms. The van der Waals surface area contributed by atoms with E-state index in [0.29, 0.717) is 12.5 Å². The summed E-state index contributed by atoms with van der Waals surface area (Å²) in [5.41, 5.74) is -0.468. The van der Waals surface area contributed by atoms with Gasteiger partial charge < -0.3 is 5.32 Å². The summed E-state index contributed by atoms with van der Waals surface area (Å²) in [6.45, 7) is 9.98. The molecule has 0 spiro atoms. The molecule has 0 aromatic rings. The zero-order valence-corrected chi connectivity index (χ0v) is 12.3. The third-order valence-corrected chi connectivity index (χ3v) is 2.81. The van der Waals surface area contributed by atoms with Crippen molar-refractivity contribution < 1.29 is 13.2 Å². The van der Waals surface area contributed by atoms with Crippen LogP contribution in [0.3, 0.4) is 0 Å². The molecule has 0 unspecified atom stereocenters. The van der Waals surface area contributed by atoms with E-state index in [4.69, 9.17) is 0 Å². The Morgan fingerprint density at radius 1 is 1.24 bits per heavy atom. The lowest BCUT2D eigenvalue weighted by molar-refractivity contribution is -0.125. The van der Waals surface area contributed by atoms with Gasteiger partial charge in [-0.3, -0.25) is 4.79 Å². The second kappa shape index (κ2) is 5.82. The Kier molecular flexibility index (Phi) is 5.61. The number of hydrogen-bond donors (Lipinski definition) is 2. The third kappa shape index (κ3) is 7.33. The van der Waals surface area contributed by atoms with Crippen LogP contribution in [0.15, 0.2) is 0 Å². The van der Waals surface area contributed by atoms with Gasteiger partial charge in [0.05, 0.1) is 6.26 Å². The lowest BCUT2D eigenvalue weighted by Crippen LogP contribution is -2.53. The summed E-state index contributed by atoms with van der Waals surface area (Å²) in [7, 11) is -3.40. The van der Waals surface area contributed by atoms with E-state index in [2.05, 4.69) is 10.0 Å². The smallest absolute Gasteiger partial charge is 0.238 e. The molecular weight excluding hydrogens is 240 g/mol. The molecule has 17 heavy (non-hydrogen) atoms. The molecule has 0 aliphatic carbocycles. The highest BCUT2D eigenvalue weighted by molar-refractivity contribution is 7.88. The van der Waals surface area contributed by atoms with Crippen molar-refractivity contribution in [2.75, 3.05) is 12.8 Å². The van der Waals surface area contributed by atoms with Crippen LogP contribution >= 0.6 is 0 Å². The number of carbonyl (C=O) groups excluding carboxylic acids is 1. The van der Waals surface area contributed by atoms with E-state index in [1.807, 2.05) is 34.6 Å². The molecule has 1 amide bonds. The van der Waals surface area contributed by atoms with Gasteiger partial charge in [-0.15, -0.1) is 0 Å². The zero-order chi connectivity index (χ0) is 13.9. The van der Waals surface area contributed by atoms with Crippen LogP contribution in [0.25, 0.3) is 0 Å². The minimum Gasteiger partial charge on any atom is -0.354 e. The Bertz CT molecular complexity index is 355. The lowest BCUT2D eigenvalue weighted by Gasteiger charge is -2.29. The lowest BCUT2D eigenvalue weighted by atomic mass is 9.87. The van der Waals surface area contributed by atoms with Crippen LogP contribution in [0.2, 0.25) is 0 Å². The van der Waals surface area contributed by atoms with Crippen LogP contribution in [0.1, 0.15) is 34.6 Å². The molecule has 0 rings (SSSR count). The van der Waals surface area contributed by atoms with Gasteiger partial charge in [-0.25, -0.2) is 13.1 Å². The van der Waals surface area contributed by atoms with Gasteiger partial charge in [0.1, 0.15) is 6.04 Å².